The molecule has 3 nitrogen and oxygen atoms in total. The molecule has 0 unspecified atom stereocenters. The van der Waals surface area contributed by atoms with Crippen molar-refractivity contribution in [2.24, 2.45) is 0 Å². The third-order valence-electron chi connectivity index (χ3n) is 5.15. The number of aromatic nitrogens is 1. The zero-order valence-corrected chi connectivity index (χ0v) is 17.4. The van der Waals surface area contributed by atoms with E-state index in [0.717, 1.165) is 31.0 Å². The molecule has 150 valence electrons. The van der Waals surface area contributed by atoms with Crippen LogP contribution in [0.25, 0.3) is 10.9 Å². The van der Waals surface area contributed by atoms with E-state index in [-0.39, 0.29) is 0 Å². The van der Waals surface area contributed by atoms with E-state index in [1.807, 2.05) is 24.3 Å². The summed E-state index contributed by atoms with van der Waals surface area (Å²) in [5, 5.41) is 8.12. The van der Waals surface area contributed by atoms with E-state index in [2.05, 4.69) is 94.6 Å². The maximum atomic E-state index is 3.53. The highest BCUT2D eigenvalue weighted by Crippen LogP contribution is 2.21. The van der Waals surface area contributed by atoms with Gasteiger partial charge in [0.15, 0.2) is 0 Å². The molecule has 30 heavy (non-hydrogen) atoms. The number of rotatable bonds is 7. The van der Waals surface area contributed by atoms with Gasteiger partial charge in [0.25, 0.3) is 0 Å². The van der Waals surface area contributed by atoms with E-state index in [4.69, 9.17) is 0 Å². The van der Waals surface area contributed by atoms with Gasteiger partial charge in [-0.05, 0) is 54.3 Å². The molecule has 0 saturated carbocycles. The zero-order valence-electron chi connectivity index (χ0n) is 17.4. The Morgan fingerprint density at radius 3 is 2.30 bits per heavy atom. The molecule has 0 radical (unpaired) electrons. The van der Waals surface area contributed by atoms with Gasteiger partial charge in [0.05, 0.1) is 12.2 Å². The maximum absolute atomic E-state index is 3.53. The second-order valence-electron chi connectivity index (χ2n) is 7.28. The summed E-state index contributed by atoms with van der Waals surface area (Å²) in [7, 11) is 0. The lowest BCUT2D eigenvalue weighted by atomic mass is 10.1. The highest BCUT2D eigenvalue weighted by atomic mass is 15.0. The fourth-order valence-electron chi connectivity index (χ4n) is 3.66. The largest absolute Gasteiger partial charge is 0.374 e. The monoisotopic (exact) mass is 393 g/mol. The standard InChI is InChI=1S/C27H27N3/c1-2-30-26(14-9-17-29-25-12-7-4-8-13-25)19-24-18-23(15-16-27(24)30)21-28-20-22-10-5-3-6-11-22/h3-8,10-13,15-16,18-19,28-29H,2,17,20-21H2,1H3. The molecule has 0 aliphatic heterocycles. The molecule has 3 heteroatoms. The van der Waals surface area contributed by atoms with Crippen molar-refractivity contribution in [3.05, 3.63) is 102 Å². The van der Waals surface area contributed by atoms with Crippen LogP contribution >= 0.6 is 0 Å². The summed E-state index contributed by atoms with van der Waals surface area (Å²) in [6.07, 6.45) is 0. The second kappa shape index (κ2) is 9.82. The van der Waals surface area contributed by atoms with Gasteiger partial charge in [0, 0.05) is 36.2 Å². The van der Waals surface area contributed by atoms with Crippen LogP contribution in [0.5, 0.6) is 0 Å². The van der Waals surface area contributed by atoms with Gasteiger partial charge in [-0.25, -0.2) is 0 Å². The second-order valence-corrected chi connectivity index (χ2v) is 7.28. The van der Waals surface area contributed by atoms with E-state index in [1.165, 1.54) is 22.0 Å². The van der Waals surface area contributed by atoms with Gasteiger partial charge in [0.2, 0.25) is 0 Å². The van der Waals surface area contributed by atoms with Crippen LogP contribution < -0.4 is 10.6 Å². The quantitative estimate of drug-likeness (QED) is 0.411. The van der Waals surface area contributed by atoms with E-state index >= 15 is 0 Å². The van der Waals surface area contributed by atoms with E-state index in [1.54, 1.807) is 0 Å². The van der Waals surface area contributed by atoms with Crippen molar-refractivity contribution >= 4 is 16.6 Å². The van der Waals surface area contributed by atoms with Crippen LogP contribution in [-0.4, -0.2) is 11.1 Å². The van der Waals surface area contributed by atoms with Crippen molar-refractivity contribution in [1.82, 2.24) is 9.88 Å². The van der Waals surface area contributed by atoms with Gasteiger partial charge in [-0.1, -0.05) is 60.5 Å². The molecular formula is C27H27N3. The van der Waals surface area contributed by atoms with Gasteiger partial charge < -0.3 is 15.2 Å². The average Bonchev–Trinajstić information content (AvgIpc) is 3.15. The van der Waals surface area contributed by atoms with Crippen molar-refractivity contribution in [2.45, 2.75) is 26.6 Å². The number of anilines is 1. The van der Waals surface area contributed by atoms with Crippen LogP contribution in [0.15, 0.2) is 84.9 Å². The predicted octanol–water partition coefficient (Wildman–Crippen LogP) is 5.41. The van der Waals surface area contributed by atoms with E-state index in [9.17, 15) is 0 Å². The third kappa shape index (κ3) is 4.92. The molecule has 4 aromatic rings. The molecule has 0 saturated heterocycles. The molecule has 3 aromatic carbocycles. The Bertz CT molecular complexity index is 1150. The minimum absolute atomic E-state index is 0.629. The molecule has 0 spiro atoms. The summed E-state index contributed by atoms with van der Waals surface area (Å²) in [5.41, 5.74) is 5.99. The first kappa shape index (κ1) is 19.8. The number of benzene rings is 3. The SMILES string of the molecule is CCn1c(C#CCNc2ccccc2)cc2cc(CNCc3ccccc3)ccc21. The molecule has 0 aliphatic carbocycles. The number of hydrogen-bond acceptors (Lipinski definition) is 2. The van der Waals surface area contributed by atoms with Crippen molar-refractivity contribution in [3.63, 3.8) is 0 Å². The van der Waals surface area contributed by atoms with Gasteiger partial charge in [0.1, 0.15) is 0 Å². The molecule has 0 aliphatic rings. The lowest BCUT2D eigenvalue weighted by Crippen LogP contribution is -2.12. The molecule has 0 atom stereocenters. The highest BCUT2D eigenvalue weighted by Gasteiger charge is 2.06. The summed E-state index contributed by atoms with van der Waals surface area (Å²) >= 11 is 0. The van der Waals surface area contributed by atoms with Crippen molar-refractivity contribution in [2.75, 3.05) is 11.9 Å². The number of nitrogens with zero attached hydrogens (tertiary/aromatic N) is 1. The van der Waals surface area contributed by atoms with E-state index in [0.29, 0.717) is 6.54 Å². The molecule has 1 aromatic heterocycles. The lowest BCUT2D eigenvalue weighted by Gasteiger charge is -2.07. The number of fused-ring (bicyclic) bond motifs is 1. The fourth-order valence-corrected chi connectivity index (χ4v) is 3.66. The number of para-hydroxylation sites is 1. The molecule has 0 bridgehead atoms. The smallest absolute Gasteiger partial charge is 0.0931 e. The maximum Gasteiger partial charge on any atom is 0.0931 e. The van der Waals surface area contributed by atoms with Crippen molar-refractivity contribution in [1.29, 1.82) is 0 Å². The number of hydrogen-bond donors (Lipinski definition) is 2. The van der Waals surface area contributed by atoms with E-state index < -0.39 is 0 Å². The normalized spacial score (nSPS) is 10.6. The number of aryl methyl sites for hydroxylation is 1. The third-order valence-corrected chi connectivity index (χ3v) is 5.15. The van der Waals surface area contributed by atoms with Gasteiger partial charge >= 0.3 is 0 Å². The topological polar surface area (TPSA) is 29.0 Å². The minimum atomic E-state index is 0.629. The van der Waals surface area contributed by atoms with Crippen LogP contribution in [0.2, 0.25) is 0 Å². The molecular weight excluding hydrogens is 366 g/mol. The highest BCUT2D eigenvalue weighted by molar-refractivity contribution is 5.83. The lowest BCUT2D eigenvalue weighted by molar-refractivity contribution is 0.694. The minimum Gasteiger partial charge on any atom is -0.374 e. The van der Waals surface area contributed by atoms with Crippen LogP contribution in [-0.2, 0) is 19.6 Å². The van der Waals surface area contributed by atoms with Gasteiger partial charge in [-0.2, -0.15) is 0 Å². The Balaban J connectivity index is 1.43. The van der Waals surface area contributed by atoms with Gasteiger partial charge in [-0.3, -0.25) is 0 Å². The summed E-state index contributed by atoms with van der Waals surface area (Å²) in [6.45, 7) is 5.43. The van der Waals surface area contributed by atoms with Gasteiger partial charge in [-0.15, -0.1) is 0 Å². The summed E-state index contributed by atoms with van der Waals surface area (Å²) in [6, 6.07) is 29.6. The van der Waals surface area contributed by atoms with Crippen molar-refractivity contribution < 1.29 is 0 Å². The molecule has 2 N–H and O–H groups in total. The first-order chi connectivity index (χ1) is 14.8. The Morgan fingerprint density at radius 1 is 0.800 bits per heavy atom. The van der Waals surface area contributed by atoms with Crippen molar-refractivity contribution in [3.8, 4) is 11.8 Å². The first-order valence-corrected chi connectivity index (χ1v) is 10.5. The zero-order chi connectivity index (χ0) is 20.6. The molecule has 4 rings (SSSR count). The Hall–Kier alpha value is -3.48. The van der Waals surface area contributed by atoms with Crippen LogP contribution in [0.3, 0.4) is 0 Å². The molecule has 0 amide bonds. The van der Waals surface area contributed by atoms with Crippen LogP contribution in [0.4, 0.5) is 5.69 Å². The average molecular weight is 394 g/mol. The Kier molecular flexibility index (Phi) is 6.49. The molecule has 1 heterocycles. The summed E-state index contributed by atoms with van der Waals surface area (Å²) < 4.78 is 2.28. The Labute approximate surface area is 178 Å². The van der Waals surface area contributed by atoms with Crippen LogP contribution in [0.1, 0.15) is 23.7 Å². The number of nitrogens with one attached hydrogen (secondary N) is 2. The summed E-state index contributed by atoms with van der Waals surface area (Å²) in [4.78, 5) is 0. The summed E-state index contributed by atoms with van der Waals surface area (Å²) in [5.74, 6) is 6.60. The molecule has 0 fully saturated rings. The van der Waals surface area contributed by atoms with Crippen LogP contribution in [0, 0.1) is 11.8 Å². The predicted molar refractivity (Wildman–Crippen MR) is 126 cm³/mol. The Morgan fingerprint density at radius 2 is 1.53 bits per heavy atom. The fraction of sp³-hybridized carbons (Fsp3) is 0.185. The first-order valence-electron chi connectivity index (χ1n) is 10.5.